The molecule has 3 aliphatic rings. The molecule has 1 aromatic heterocycles. The summed E-state index contributed by atoms with van der Waals surface area (Å²) in [5, 5.41) is 29.1. The molecule has 0 fully saturated rings. The third kappa shape index (κ3) is 5.25. The molecule has 0 amide bonds. The van der Waals surface area contributed by atoms with Gasteiger partial charge in [-0.3, -0.25) is 4.79 Å². The molecule has 4 aromatic rings. The lowest BCUT2D eigenvalue weighted by atomic mass is 9.84. The largest absolute Gasteiger partial charge is 0.491 e. The summed E-state index contributed by atoms with van der Waals surface area (Å²) >= 11 is 0. The number of carboxylic acid groups (broad SMARTS) is 1. The molecular formula is C29H30N4O7S. The fourth-order valence-corrected chi connectivity index (χ4v) is 6.63. The zero-order chi connectivity index (χ0) is 28.9. The summed E-state index contributed by atoms with van der Waals surface area (Å²) in [7, 11) is -4.08. The van der Waals surface area contributed by atoms with E-state index in [1.54, 1.807) is 22.9 Å². The Kier molecular flexibility index (Phi) is 6.92. The van der Waals surface area contributed by atoms with Crippen molar-refractivity contribution in [3.05, 3.63) is 81.9 Å². The summed E-state index contributed by atoms with van der Waals surface area (Å²) < 4.78 is 40.4. The van der Waals surface area contributed by atoms with Crippen LogP contribution in [0.25, 0.3) is 11.0 Å². The number of aliphatic hydroxyl groups is 1. The fourth-order valence-electron chi connectivity index (χ4n) is 5.54. The van der Waals surface area contributed by atoms with Gasteiger partial charge < -0.3 is 19.1 Å². The summed E-state index contributed by atoms with van der Waals surface area (Å²) in [6.45, 7) is 4.35. The number of rotatable bonds is 2. The third-order valence-corrected chi connectivity index (χ3v) is 9.15. The molecule has 3 aliphatic heterocycles. The van der Waals surface area contributed by atoms with E-state index in [1.807, 2.05) is 44.2 Å². The number of fused-ring (bicyclic) bond motifs is 5. The van der Waals surface area contributed by atoms with Crippen LogP contribution in [0.4, 0.5) is 0 Å². The van der Waals surface area contributed by atoms with Gasteiger partial charge in [0.25, 0.3) is 0 Å². The van der Waals surface area contributed by atoms with Gasteiger partial charge in [0.2, 0.25) is 0 Å². The van der Waals surface area contributed by atoms with E-state index < -0.39 is 28.3 Å². The summed E-state index contributed by atoms with van der Waals surface area (Å²) in [5.74, 6) is -0.727. The number of aliphatic carboxylic acids is 1. The van der Waals surface area contributed by atoms with Crippen molar-refractivity contribution >= 4 is 27.3 Å². The first-order valence-electron chi connectivity index (χ1n) is 13.4. The first-order chi connectivity index (χ1) is 19.6. The van der Waals surface area contributed by atoms with Crippen molar-refractivity contribution in [2.75, 3.05) is 6.61 Å². The summed E-state index contributed by atoms with van der Waals surface area (Å²) in [4.78, 5) is 12.0. The molecule has 214 valence electrons. The fraction of sp³-hybridized carbons (Fsp3) is 0.345. The SMILES string of the molecule is Cc1ccc2cc1CN1Cc3cc(ccc3OS1(=O)=O)OC[C@H](O)CCn1nnc3c(C)c(ccc31)C2CC(=O)O. The maximum Gasteiger partial charge on any atom is 0.385 e. The Morgan fingerprint density at radius 2 is 1.88 bits per heavy atom. The van der Waals surface area contributed by atoms with Crippen LogP contribution in [0.15, 0.2) is 48.5 Å². The molecule has 3 aromatic carbocycles. The van der Waals surface area contributed by atoms with Gasteiger partial charge in [-0.25, -0.2) is 4.68 Å². The Bertz CT molecular complexity index is 1770. The standard InChI is InChI=1S/C29H30N4O7S/c1-17-3-4-19-11-20(17)14-32-15-21-12-23(5-8-27(21)40-41(32,37)38)39-16-22(34)9-10-33-26-7-6-24(25(19)13-28(35)36)18(2)29(26)30-31-33/h3-8,11-12,22,25,34H,9-10,13-16H2,1-2H3,(H,35,36)/t22-,25?/m1/s1. The maximum atomic E-state index is 13.1. The molecule has 0 spiro atoms. The molecule has 41 heavy (non-hydrogen) atoms. The number of aryl methyl sites for hydroxylation is 3. The predicted octanol–water partition coefficient (Wildman–Crippen LogP) is 3.44. The van der Waals surface area contributed by atoms with Gasteiger partial charge in [0.15, 0.2) is 0 Å². The Morgan fingerprint density at radius 1 is 1.07 bits per heavy atom. The molecule has 9 bridgehead atoms. The normalized spacial score (nSPS) is 21.9. The van der Waals surface area contributed by atoms with Crippen LogP contribution >= 0.6 is 0 Å². The van der Waals surface area contributed by atoms with Crippen molar-refractivity contribution < 1.29 is 32.3 Å². The molecule has 11 nitrogen and oxygen atoms in total. The number of carboxylic acids is 1. The minimum atomic E-state index is -4.08. The number of ether oxygens (including phenoxy) is 1. The van der Waals surface area contributed by atoms with Crippen molar-refractivity contribution in [1.29, 1.82) is 0 Å². The number of benzene rings is 3. The summed E-state index contributed by atoms with van der Waals surface area (Å²) in [5.41, 5.74) is 6.07. The van der Waals surface area contributed by atoms with Crippen molar-refractivity contribution in [2.24, 2.45) is 0 Å². The Morgan fingerprint density at radius 3 is 2.68 bits per heavy atom. The van der Waals surface area contributed by atoms with Crippen molar-refractivity contribution in [3.63, 3.8) is 0 Å². The first-order valence-corrected chi connectivity index (χ1v) is 14.7. The van der Waals surface area contributed by atoms with Crippen LogP contribution in [-0.2, 0) is 34.7 Å². The average molecular weight is 579 g/mol. The highest BCUT2D eigenvalue weighted by Gasteiger charge is 2.33. The highest BCUT2D eigenvalue weighted by molar-refractivity contribution is 7.84. The molecule has 0 radical (unpaired) electrons. The van der Waals surface area contributed by atoms with Gasteiger partial charge in [0.1, 0.15) is 23.6 Å². The van der Waals surface area contributed by atoms with Crippen LogP contribution in [0, 0.1) is 13.8 Å². The van der Waals surface area contributed by atoms with Gasteiger partial charge in [-0.1, -0.05) is 29.5 Å². The number of nitrogens with zero attached hydrogens (tertiary/aromatic N) is 4. The van der Waals surface area contributed by atoms with Gasteiger partial charge in [-0.05, 0) is 72.4 Å². The van der Waals surface area contributed by atoms with E-state index in [0.717, 1.165) is 33.3 Å². The number of hydrogen-bond donors (Lipinski definition) is 2. The number of carbonyl (C=O) groups is 1. The highest BCUT2D eigenvalue weighted by Crippen LogP contribution is 2.36. The second-order valence-electron chi connectivity index (χ2n) is 10.6. The van der Waals surface area contributed by atoms with Crippen molar-refractivity contribution in [3.8, 4) is 11.5 Å². The lowest BCUT2D eigenvalue weighted by molar-refractivity contribution is -0.137. The van der Waals surface area contributed by atoms with E-state index in [2.05, 4.69) is 10.3 Å². The second-order valence-corrected chi connectivity index (χ2v) is 12.2. The highest BCUT2D eigenvalue weighted by atomic mass is 32.2. The Labute approximate surface area is 237 Å². The molecule has 4 heterocycles. The smallest absolute Gasteiger partial charge is 0.385 e. The minimum absolute atomic E-state index is 0.0391. The van der Waals surface area contributed by atoms with Crippen LogP contribution in [0.2, 0.25) is 0 Å². The minimum Gasteiger partial charge on any atom is -0.491 e. The first kappa shape index (κ1) is 27.2. The van der Waals surface area contributed by atoms with Crippen LogP contribution in [-0.4, -0.2) is 56.6 Å². The van der Waals surface area contributed by atoms with Gasteiger partial charge >= 0.3 is 16.3 Å². The monoisotopic (exact) mass is 578 g/mol. The van der Waals surface area contributed by atoms with E-state index in [1.165, 1.54) is 4.31 Å². The molecule has 0 saturated heterocycles. The molecule has 7 rings (SSSR count). The van der Waals surface area contributed by atoms with Crippen LogP contribution < -0.4 is 8.92 Å². The van der Waals surface area contributed by atoms with E-state index in [4.69, 9.17) is 8.92 Å². The number of aromatic nitrogens is 3. The third-order valence-electron chi connectivity index (χ3n) is 7.87. The zero-order valence-corrected chi connectivity index (χ0v) is 23.5. The molecule has 0 saturated carbocycles. The quantitative estimate of drug-likeness (QED) is 0.365. The van der Waals surface area contributed by atoms with Gasteiger partial charge in [-0.15, -0.1) is 5.10 Å². The van der Waals surface area contributed by atoms with Crippen molar-refractivity contribution in [2.45, 2.75) is 58.3 Å². The predicted molar refractivity (Wildman–Crippen MR) is 149 cm³/mol. The molecule has 3 atom stereocenters. The molecule has 0 aliphatic carbocycles. The van der Waals surface area contributed by atoms with E-state index in [9.17, 15) is 23.4 Å². The van der Waals surface area contributed by atoms with E-state index in [-0.39, 0.29) is 31.9 Å². The van der Waals surface area contributed by atoms with Crippen LogP contribution in [0.1, 0.15) is 52.1 Å². The zero-order valence-electron chi connectivity index (χ0n) is 22.6. The molecule has 2 N–H and O–H groups in total. The lowest BCUT2D eigenvalue weighted by Crippen LogP contribution is -2.37. The molecular weight excluding hydrogens is 548 g/mol. The number of aliphatic hydroxyl groups excluding tert-OH is 1. The topological polar surface area (TPSA) is 144 Å². The molecule has 12 heteroatoms. The average Bonchev–Trinajstić information content (AvgIpc) is 3.34. The summed E-state index contributed by atoms with van der Waals surface area (Å²) in [6, 6.07) is 14.3. The van der Waals surface area contributed by atoms with Crippen LogP contribution in [0.3, 0.4) is 0 Å². The second kappa shape index (κ2) is 10.4. The Hall–Kier alpha value is -4.00. The number of hydrogen-bond acceptors (Lipinski definition) is 8. The summed E-state index contributed by atoms with van der Waals surface area (Å²) in [6.07, 6.45) is -0.568. The van der Waals surface area contributed by atoms with Gasteiger partial charge in [0.05, 0.1) is 18.0 Å². The van der Waals surface area contributed by atoms with E-state index in [0.29, 0.717) is 29.8 Å². The van der Waals surface area contributed by atoms with Gasteiger partial charge in [0, 0.05) is 31.1 Å². The molecule has 2 unspecified atom stereocenters. The van der Waals surface area contributed by atoms with Crippen LogP contribution in [0.5, 0.6) is 11.5 Å². The van der Waals surface area contributed by atoms with Crippen molar-refractivity contribution in [1.82, 2.24) is 19.3 Å². The Balaban J connectivity index is 1.48. The van der Waals surface area contributed by atoms with E-state index >= 15 is 0 Å². The maximum absolute atomic E-state index is 13.1. The van der Waals surface area contributed by atoms with Gasteiger partial charge in [-0.2, -0.15) is 12.7 Å². The lowest BCUT2D eigenvalue weighted by Gasteiger charge is -2.29.